The van der Waals surface area contributed by atoms with Crippen molar-refractivity contribution in [3.05, 3.63) is 52.0 Å². The lowest BCUT2D eigenvalue weighted by Crippen LogP contribution is -2.38. The minimum atomic E-state index is 0.262. The van der Waals surface area contributed by atoms with Crippen LogP contribution in [0.2, 0.25) is 0 Å². The summed E-state index contributed by atoms with van der Waals surface area (Å²) in [5.74, 6) is 5.60. The van der Waals surface area contributed by atoms with E-state index in [9.17, 15) is 0 Å². The van der Waals surface area contributed by atoms with Crippen molar-refractivity contribution in [1.29, 1.82) is 0 Å². The van der Waals surface area contributed by atoms with Gasteiger partial charge in [-0.3, -0.25) is 16.3 Å². The number of rotatable bonds is 5. The number of hydrazine groups is 1. The predicted octanol–water partition coefficient (Wildman–Crippen LogP) is 2.07. The molecule has 0 spiro atoms. The summed E-state index contributed by atoms with van der Waals surface area (Å²) in [6, 6.07) is 8.85. The van der Waals surface area contributed by atoms with Crippen molar-refractivity contribution in [1.82, 2.24) is 10.4 Å². The van der Waals surface area contributed by atoms with Gasteiger partial charge in [0.25, 0.3) is 0 Å². The summed E-state index contributed by atoms with van der Waals surface area (Å²) in [5.41, 5.74) is 7.33. The molecule has 3 N–H and O–H groups in total. The van der Waals surface area contributed by atoms with Crippen molar-refractivity contribution < 1.29 is 0 Å². The largest absolute Gasteiger partial charge is 0.271 e. The van der Waals surface area contributed by atoms with Gasteiger partial charge in [0.05, 0.1) is 5.51 Å². The second-order valence-corrected chi connectivity index (χ2v) is 5.20. The Balaban J connectivity index is 1.97. The number of benzene rings is 1. The summed E-state index contributed by atoms with van der Waals surface area (Å²) in [4.78, 5) is 5.34. The number of aryl methyl sites for hydroxylation is 1. The lowest BCUT2D eigenvalue weighted by molar-refractivity contribution is 0.525. The summed E-state index contributed by atoms with van der Waals surface area (Å²) >= 11 is 1.67. The first-order valence-corrected chi connectivity index (χ1v) is 6.55. The average Bonchev–Trinajstić information content (AvgIpc) is 2.84. The SMILES string of the molecule is Cc1ccc(CC(Cc2cncs2)NN)cc1. The van der Waals surface area contributed by atoms with E-state index in [1.165, 1.54) is 16.0 Å². The molecule has 0 radical (unpaired) electrons. The molecule has 1 atom stereocenters. The van der Waals surface area contributed by atoms with Gasteiger partial charge < -0.3 is 0 Å². The molecular formula is C13H17N3S. The summed E-state index contributed by atoms with van der Waals surface area (Å²) in [7, 11) is 0. The van der Waals surface area contributed by atoms with Crippen molar-refractivity contribution in [2.24, 2.45) is 5.84 Å². The van der Waals surface area contributed by atoms with Crippen LogP contribution in [0.3, 0.4) is 0 Å². The summed E-state index contributed by atoms with van der Waals surface area (Å²) in [6.45, 7) is 2.10. The maximum absolute atomic E-state index is 5.60. The van der Waals surface area contributed by atoms with E-state index in [0.717, 1.165) is 12.8 Å². The normalized spacial score (nSPS) is 12.6. The molecule has 0 bridgehead atoms. The molecule has 0 saturated heterocycles. The van der Waals surface area contributed by atoms with Crippen molar-refractivity contribution in [2.75, 3.05) is 0 Å². The van der Waals surface area contributed by atoms with Gasteiger partial charge >= 0.3 is 0 Å². The van der Waals surface area contributed by atoms with E-state index in [1.807, 2.05) is 11.7 Å². The third-order valence-corrected chi connectivity index (χ3v) is 3.57. The third-order valence-electron chi connectivity index (χ3n) is 2.77. The number of nitrogens with two attached hydrogens (primary N) is 1. The highest BCUT2D eigenvalue weighted by atomic mass is 32.1. The van der Waals surface area contributed by atoms with Crippen LogP contribution in [-0.2, 0) is 12.8 Å². The van der Waals surface area contributed by atoms with E-state index in [-0.39, 0.29) is 6.04 Å². The topological polar surface area (TPSA) is 50.9 Å². The zero-order valence-electron chi connectivity index (χ0n) is 9.89. The Morgan fingerprint density at radius 1 is 1.29 bits per heavy atom. The molecule has 3 nitrogen and oxygen atoms in total. The van der Waals surface area contributed by atoms with Crippen LogP contribution in [0.4, 0.5) is 0 Å². The van der Waals surface area contributed by atoms with E-state index in [0.29, 0.717) is 0 Å². The summed E-state index contributed by atoms with van der Waals surface area (Å²) < 4.78 is 0. The van der Waals surface area contributed by atoms with Gasteiger partial charge in [-0.05, 0) is 18.9 Å². The second-order valence-electron chi connectivity index (χ2n) is 4.23. The third kappa shape index (κ3) is 3.63. The number of hydrogen-bond donors (Lipinski definition) is 2. The molecule has 17 heavy (non-hydrogen) atoms. The standard InChI is InChI=1S/C13H17N3S/c1-10-2-4-11(5-3-10)6-12(16-14)7-13-8-15-9-17-13/h2-5,8-9,12,16H,6-7,14H2,1H3. The van der Waals surface area contributed by atoms with Gasteiger partial charge in [0, 0.05) is 23.5 Å². The van der Waals surface area contributed by atoms with E-state index in [1.54, 1.807) is 11.3 Å². The lowest BCUT2D eigenvalue weighted by atomic mass is 10.0. The maximum atomic E-state index is 5.60. The monoisotopic (exact) mass is 247 g/mol. The van der Waals surface area contributed by atoms with Crippen LogP contribution >= 0.6 is 11.3 Å². The van der Waals surface area contributed by atoms with Crippen molar-refractivity contribution in [3.8, 4) is 0 Å². The van der Waals surface area contributed by atoms with Gasteiger partial charge in [-0.1, -0.05) is 29.8 Å². The van der Waals surface area contributed by atoms with E-state index in [4.69, 9.17) is 5.84 Å². The molecule has 90 valence electrons. The average molecular weight is 247 g/mol. The molecule has 4 heteroatoms. The first-order valence-electron chi connectivity index (χ1n) is 5.67. The molecule has 2 aromatic rings. The first-order chi connectivity index (χ1) is 8.28. The zero-order valence-corrected chi connectivity index (χ0v) is 10.7. The molecule has 0 aliphatic carbocycles. The molecule has 0 fully saturated rings. The molecule has 1 heterocycles. The Kier molecular flexibility index (Phi) is 4.25. The minimum absolute atomic E-state index is 0.262. The van der Waals surface area contributed by atoms with Crippen molar-refractivity contribution >= 4 is 11.3 Å². The fraction of sp³-hybridized carbons (Fsp3) is 0.308. The molecule has 0 aliphatic heterocycles. The fourth-order valence-corrected chi connectivity index (χ4v) is 2.46. The highest BCUT2D eigenvalue weighted by Gasteiger charge is 2.09. The van der Waals surface area contributed by atoms with Crippen LogP contribution in [0.25, 0.3) is 0 Å². The van der Waals surface area contributed by atoms with E-state index in [2.05, 4.69) is 41.6 Å². The Bertz CT molecular complexity index is 436. The van der Waals surface area contributed by atoms with Gasteiger partial charge in [-0.2, -0.15) is 0 Å². The quantitative estimate of drug-likeness (QED) is 0.628. The Hall–Kier alpha value is -1.23. The second kappa shape index (κ2) is 5.91. The Morgan fingerprint density at radius 3 is 2.65 bits per heavy atom. The molecule has 1 aromatic heterocycles. The smallest absolute Gasteiger partial charge is 0.0794 e. The Labute approximate surface area is 106 Å². The maximum Gasteiger partial charge on any atom is 0.0794 e. The fourth-order valence-electron chi connectivity index (χ4n) is 1.78. The molecule has 1 unspecified atom stereocenters. The summed E-state index contributed by atoms with van der Waals surface area (Å²) in [6.07, 6.45) is 3.77. The van der Waals surface area contributed by atoms with Crippen molar-refractivity contribution in [2.45, 2.75) is 25.8 Å². The Morgan fingerprint density at radius 2 is 2.06 bits per heavy atom. The van der Waals surface area contributed by atoms with Gasteiger partial charge in [-0.25, -0.2) is 0 Å². The number of nitrogens with zero attached hydrogens (tertiary/aromatic N) is 1. The van der Waals surface area contributed by atoms with Crippen LogP contribution in [0.1, 0.15) is 16.0 Å². The first kappa shape index (κ1) is 12.2. The van der Waals surface area contributed by atoms with Gasteiger partial charge in [0.15, 0.2) is 0 Å². The molecule has 2 rings (SSSR count). The summed E-state index contributed by atoms with van der Waals surface area (Å²) in [5, 5.41) is 0. The number of thiazole rings is 1. The van der Waals surface area contributed by atoms with Gasteiger partial charge in [-0.15, -0.1) is 11.3 Å². The van der Waals surface area contributed by atoms with Gasteiger partial charge in [0.1, 0.15) is 0 Å². The van der Waals surface area contributed by atoms with Crippen LogP contribution in [0, 0.1) is 6.92 Å². The number of nitrogens with one attached hydrogen (secondary N) is 1. The van der Waals surface area contributed by atoms with E-state index < -0.39 is 0 Å². The predicted molar refractivity (Wildman–Crippen MR) is 71.8 cm³/mol. The van der Waals surface area contributed by atoms with Crippen LogP contribution in [0.15, 0.2) is 36.0 Å². The van der Waals surface area contributed by atoms with Crippen LogP contribution < -0.4 is 11.3 Å². The van der Waals surface area contributed by atoms with Gasteiger partial charge in [0.2, 0.25) is 0 Å². The molecule has 1 aromatic carbocycles. The molecule has 0 saturated carbocycles. The highest BCUT2D eigenvalue weighted by molar-refractivity contribution is 7.09. The molecular weight excluding hydrogens is 230 g/mol. The number of hydrogen-bond acceptors (Lipinski definition) is 4. The zero-order chi connectivity index (χ0) is 12.1. The number of aromatic nitrogens is 1. The molecule has 0 aliphatic rings. The highest BCUT2D eigenvalue weighted by Crippen LogP contribution is 2.12. The van der Waals surface area contributed by atoms with Crippen LogP contribution in [0.5, 0.6) is 0 Å². The minimum Gasteiger partial charge on any atom is -0.271 e. The van der Waals surface area contributed by atoms with E-state index >= 15 is 0 Å². The molecule has 0 amide bonds. The van der Waals surface area contributed by atoms with Crippen LogP contribution in [-0.4, -0.2) is 11.0 Å². The lowest BCUT2D eigenvalue weighted by Gasteiger charge is -2.14. The van der Waals surface area contributed by atoms with Crippen molar-refractivity contribution in [3.63, 3.8) is 0 Å².